The van der Waals surface area contributed by atoms with E-state index in [2.05, 4.69) is 24.1 Å². The monoisotopic (exact) mass is 531 g/mol. The van der Waals surface area contributed by atoms with Crippen molar-refractivity contribution < 1.29 is 13.2 Å². The molecule has 1 N–H and O–H groups in total. The number of nitrogens with zero attached hydrogens (tertiary/aromatic N) is 4. The third-order valence-corrected chi connectivity index (χ3v) is 9.03. The van der Waals surface area contributed by atoms with Gasteiger partial charge in [0.25, 0.3) is 0 Å². The lowest BCUT2D eigenvalue weighted by Crippen LogP contribution is -2.49. The fourth-order valence-electron chi connectivity index (χ4n) is 4.75. The van der Waals surface area contributed by atoms with Gasteiger partial charge in [0.1, 0.15) is 17.4 Å². The van der Waals surface area contributed by atoms with E-state index in [-0.39, 0.29) is 6.04 Å². The summed E-state index contributed by atoms with van der Waals surface area (Å²) < 4.78 is 33.4. The van der Waals surface area contributed by atoms with Crippen molar-refractivity contribution in [3.63, 3.8) is 0 Å². The highest BCUT2D eigenvalue weighted by Crippen LogP contribution is 2.29. The van der Waals surface area contributed by atoms with E-state index >= 15 is 0 Å². The number of fused-ring (bicyclic) bond motifs is 1. The molecule has 198 valence electrons. The van der Waals surface area contributed by atoms with Crippen LogP contribution < -0.4 is 10.1 Å². The summed E-state index contributed by atoms with van der Waals surface area (Å²) in [5.74, 6) is 2.18. The van der Waals surface area contributed by atoms with E-state index in [4.69, 9.17) is 14.7 Å². The Labute approximate surface area is 224 Å². The zero-order chi connectivity index (χ0) is 26.7. The van der Waals surface area contributed by atoms with E-state index in [1.807, 2.05) is 60.7 Å². The Hall–Kier alpha value is -3.53. The molecule has 4 aromatic rings. The quantitative estimate of drug-likeness (QED) is 0.342. The second-order valence-corrected chi connectivity index (χ2v) is 11.4. The van der Waals surface area contributed by atoms with Crippen LogP contribution in [0.2, 0.25) is 0 Å². The van der Waals surface area contributed by atoms with Crippen molar-refractivity contribution in [1.29, 1.82) is 0 Å². The predicted molar refractivity (Wildman–Crippen MR) is 150 cm³/mol. The van der Waals surface area contributed by atoms with Gasteiger partial charge < -0.3 is 10.1 Å². The number of ether oxygens (including phenoxy) is 1. The van der Waals surface area contributed by atoms with E-state index < -0.39 is 10.0 Å². The summed E-state index contributed by atoms with van der Waals surface area (Å²) in [6.07, 6.45) is 0.879. The van der Waals surface area contributed by atoms with Gasteiger partial charge in [-0.3, -0.25) is 4.90 Å². The van der Waals surface area contributed by atoms with Crippen molar-refractivity contribution in [1.82, 2.24) is 19.2 Å². The maximum atomic E-state index is 13.2. The van der Waals surface area contributed by atoms with Gasteiger partial charge in [-0.2, -0.15) is 4.31 Å². The van der Waals surface area contributed by atoms with Crippen molar-refractivity contribution in [2.75, 3.05) is 38.6 Å². The van der Waals surface area contributed by atoms with Gasteiger partial charge in [0, 0.05) is 43.3 Å². The minimum Gasteiger partial charge on any atom is -0.497 e. The van der Waals surface area contributed by atoms with Gasteiger partial charge in [-0.25, -0.2) is 18.4 Å². The molecule has 0 radical (unpaired) electrons. The highest BCUT2D eigenvalue weighted by atomic mass is 32.2. The van der Waals surface area contributed by atoms with Crippen molar-refractivity contribution in [2.24, 2.45) is 0 Å². The fourth-order valence-corrected chi connectivity index (χ4v) is 6.18. The van der Waals surface area contributed by atoms with Gasteiger partial charge in [-0.05, 0) is 55.3 Å². The molecule has 0 amide bonds. The van der Waals surface area contributed by atoms with Crippen LogP contribution in [0, 0.1) is 0 Å². The zero-order valence-corrected chi connectivity index (χ0v) is 22.8. The van der Waals surface area contributed by atoms with E-state index in [0.717, 1.165) is 40.1 Å². The number of hydrogen-bond donors (Lipinski definition) is 1. The number of rotatable bonds is 8. The first-order valence-electron chi connectivity index (χ1n) is 12.9. The molecule has 0 saturated carbocycles. The standard InChI is InChI=1S/C29H33N5O3S/c1-4-22-12-14-25(15-13-22)38(35,36)34-18-16-33(17-19-34)21(2)28-31-27-11-6-5-10-26(27)29(32-28)30-23-8-7-9-24(20-23)37-3/h5-15,20-21H,4,16-19H2,1-3H3,(H,30,31,32). The Morgan fingerprint density at radius 1 is 0.947 bits per heavy atom. The van der Waals surface area contributed by atoms with Crippen LogP contribution in [0.4, 0.5) is 11.5 Å². The highest BCUT2D eigenvalue weighted by Gasteiger charge is 2.31. The van der Waals surface area contributed by atoms with Gasteiger partial charge in [-0.1, -0.05) is 37.3 Å². The van der Waals surface area contributed by atoms with E-state index in [1.54, 1.807) is 23.5 Å². The second kappa shape index (κ2) is 11.1. The van der Waals surface area contributed by atoms with E-state index in [0.29, 0.717) is 36.9 Å². The van der Waals surface area contributed by atoms with Crippen LogP contribution >= 0.6 is 0 Å². The third-order valence-electron chi connectivity index (χ3n) is 7.12. The zero-order valence-electron chi connectivity index (χ0n) is 22.0. The first-order chi connectivity index (χ1) is 18.4. The molecule has 38 heavy (non-hydrogen) atoms. The molecule has 0 aliphatic carbocycles. The van der Waals surface area contributed by atoms with Crippen LogP contribution in [-0.2, 0) is 16.4 Å². The third kappa shape index (κ3) is 5.36. The van der Waals surface area contributed by atoms with E-state index in [9.17, 15) is 8.42 Å². The number of aryl methyl sites for hydroxylation is 1. The Morgan fingerprint density at radius 2 is 1.68 bits per heavy atom. The number of nitrogens with one attached hydrogen (secondary N) is 1. The minimum absolute atomic E-state index is 0.0841. The lowest BCUT2D eigenvalue weighted by atomic mass is 10.2. The van der Waals surface area contributed by atoms with Gasteiger partial charge in [-0.15, -0.1) is 0 Å². The van der Waals surface area contributed by atoms with Crippen LogP contribution in [0.25, 0.3) is 10.9 Å². The minimum atomic E-state index is -3.52. The molecule has 1 atom stereocenters. The molecule has 0 bridgehead atoms. The number of piperazine rings is 1. The Kier molecular flexibility index (Phi) is 7.60. The molecule has 3 aromatic carbocycles. The Morgan fingerprint density at radius 3 is 2.39 bits per heavy atom. The maximum absolute atomic E-state index is 13.2. The molecule has 2 heterocycles. The molecule has 0 spiro atoms. The lowest BCUT2D eigenvalue weighted by Gasteiger charge is -2.36. The lowest BCUT2D eigenvalue weighted by molar-refractivity contribution is 0.141. The topological polar surface area (TPSA) is 87.7 Å². The predicted octanol–water partition coefficient (Wildman–Crippen LogP) is 5.01. The normalized spacial score (nSPS) is 15.9. The van der Waals surface area contributed by atoms with Crippen molar-refractivity contribution in [2.45, 2.75) is 31.2 Å². The molecule has 1 aliphatic rings. The number of benzene rings is 3. The van der Waals surface area contributed by atoms with Gasteiger partial charge in [0.05, 0.1) is 23.6 Å². The SMILES string of the molecule is CCc1ccc(S(=O)(=O)N2CCN(C(C)c3nc(Nc4cccc(OC)c4)c4ccccc4n3)CC2)cc1. The summed E-state index contributed by atoms with van der Waals surface area (Å²) in [6, 6.07) is 22.8. The fraction of sp³-hybridized carbons (Fsp3) is 0.310. The Balaban J connectivity index is 1.34. The van der Waals surface area contributed by atoms with Crippen LogP contribution in [-0.4, -0.2) is 60.9 Å². The van der Waals surface area contributed by atoms with Gasteiger partial charge in [0.15, 0.2) is 0 Å². The molecule has 5 rings (SSSR count). The number of hydrogen-bond acceptors (Lipinski definition) is 7. The largest absolute Gasteiger partial charge is 0.497 e. The number of methoxy groups -OCH3 is 1. The molecule has 1 fully saturated rings. The number of aromatic nitrogens is 2. The second-order valence-electron chi connectivity index (χ2n) is 9.42. The van der Waals surface area contributed by atoms with E-state index in [1.165, 1.54) is 0 Å². The smallest absolute Gasteiger partial charge is 0.243 e. The molecule has 1 unspecified atom stereocenters. The van der Waals surface area contributed by atoms with Crippen molar-refractivity contribution >= 4 is 32.4 Å². The molecular weight excluding hydrogens is 498 g/mol. The van der Waals surface area contributed by atoms with Crippen LogP contribution in [0.15, 0.2) is 77.7 Å². The maximum Gasteiger partial charge on any atom is 0.243 e. The number of para-hydroxylation sites is 1. The van der Waals surface area contributed by atoms with Crippen molar-refractivity contribution in [3.05, 3.63) is 84.2 Å². The summed E-state index contributed by atoms with van der Waals surface area (Å²) in [4.78, 5) is 12.4. The summed E-state index contributed by atoms with van der Waals surface area (Å²) in [5, 5.41) is 4.36. The molecule has 9 heteroatoms. The van der Waals surface area contributed by atoms with Crippen molar-refractivity contribution in [3.8, 4) is 5.75 Å². The molecule has 1 aliphatic heterocycles. The summed E-state index contributed by atoms with van der Waals surface area (Å²) in [6.45, 7) is 6.17. The molecule has 1 aromatic heterocycles. The van der Waals surface area contributed by atoms with Gasteiger partial charge >= 0.3 is 0 Å². The Bertz CT molecular complexity index is 1520. The summed E-state index contributed by atoms with van der Waals surface area (Å²) in [7, 11) is -1.88. The van der Waals surface area contributed by atoms with Crippen LogP contribution in [0.3, 0.4) is 0 Å². The summed E-state index contributed by atoms with van der Waals surface area (Å²) in [5.41, 5.74) is 2.85. The van der Waals surface area contributed by atoms with Crippen LogP contribution in [0.1, 0.15) is 31.3 Å². The molecule has 8 nitrogen and oxygen atoms in total. The average Bonchev–Trinajstić information content (AvgIpc) is 2.97. The average molecular weight is 532 g/mol. The number of anilines is 2. The van der Waals surface area contributed by atoms with Gasteiger partial charge in [0.2, 0.25) is 10.0 Å². The highest BCUT2D eigenvalue weighted by molar-refractivity contribution is 7.89. The van der Waals surface area contributed by atoms with Crippen LogP contribution in [0.5, 0.6) is 5.75 Å². The first-order valence-corrected chi connectivity index (χ1v) is 14.3. The summed E-state index contributed by atoms with van der Waals surface area (Å²) >= 11 is 0. The molecular formula is C29H33N5O3S. The number of sulfonamides is 1. The first kappa shape index (κ1) is 26.1. The molecule has 1 saturated heterocycles.